The second-order valence-electron chi connectivity index (χ2n) is 5.72. The van der Waals surface area contributed by atoms with Crippen LogP contribution in [0.4, 0.5) is 0 Å². The summed E-state index contributed by atoms with van der Waals surface area (Å²) in [6.45, 7) is 13.2. The van der Waals surface area contributed by atoms with Crippen LogP contribution in [0.25, 0.3) is 0 Å². The molecule has 122 valence electrons. The molecule has 2 atom stereocenters. The van der Waals surface area contributed by atoms with E-state index < -0.39 is 0 Å². The quantitative estimate of drug-likeness (QED) is 0.529. The van der Waals surface area contributed by atoms with Crippen LogP contribution >= 0.6 is 0 Å². The molecule has 2 unspecified atom stereocenters. The van der Waals surface area contributed by atoms with Gasteiger partial charge in [0.1, 0.15) is 0 Å². The number of aliphatic hydroxyl groups is 1. The Bertz CT molecular complexity index is 235. The summed E-state index contributed by atoms with van der Waals surface area (Å²) in [5.41, 5.74) is -0.389. The average molecular weight is 290 g/mol. The minimum absolute atomic E-state index is 0.162. The molecular weight excluding hydrogens is 256 g/mol. The van der Waals surface area contributed by atoms with Crippen molar-refractivity contribution in [3.8, 4) is 0 Å². The second-order valence-corrected chi connectivity index (χ2v) is 5.72. The molecule has 0 saturated carbocycles. The van der Waals surface area contributed by atoms with Crippen LogP contribution in [0.5, 0.6) is 0 Å². The second kappa shape index (κ2) is 10.6. The van der Waals surface area contributed by atoms with Gasteiger partial charge in [-0.2, -0.15) is 0 Å². The van der Waals surface area contributed by atoms with Crippen molar-refractivity contribution in [3.63, 3.8) is 0 Å². The van der Waals surface area contributed by atoms with Gasteiger partial charge in [0.25, 0.3) is 0 Å². The summed E-state index contributed by atoms with van der Waals surface area (Å²) in [7, 11) is 0. The molecule has 0 saturated heterocycles. The standard InChI is InChI=1S/C16H34O4/c1-6-15(4,9-11-17)19-12-10-16(5,7-2)20-14-13-18-8-3/h17H,6-14H2,1-5H3. The first-order valence-corrected chi connectivity index (χ1v) is 7.91. The predicted molar refractivity (Wildman–Crippen MR) is 82.1 cm³/mol. The lowest BCUT2D eigenvalue weighted by Gasteiger charge is -2.32. The van der Waals surface area contributed by atoms with Gasteiger partial charge in [-0.3, -0.25) is 0 Å². The van der Waals surface area contributed by atoms with Crippen molar-refractivity contribution < 1.29 is 19.3 Å². The Hall–Kier alpha value is -0.160. The van der Waals surface area contributed by atoms with Crippen LogP contribution < -0.4 is 0 Å². The van der Waals surface area contributed by atoms with Crippen LogP contribution in [0.2, 0.25) is 0 Å². The first-order valence-electron chi connectivity index (χ1n) is 7.91. The van der Waals surface area contributed by atoms with Crippen molar-refractivity contribution in [1.29, 1.82) is 0 Å². The van der Waals surface area contributed by atoms with Gasteiger partial charge in [0, 0.05) is 13.2 Å². The molecule has 0 aromatic carbocycles. The number of aliphatic hydroxyl groups excluding tert-OH is 1. The van der Waals surface area contributed by atoms with E-state index in [9.17, 15) is 0 Å². The summed E-state index contributed by atoms with van der Waals surface area (Å²) >= 11 is 0. The Kier molecular flexibility index (Phi) is 10.5. The Morgan fingerprint density at radius 2 is 1.35 bits per heavy atom. The summed E-state index contributed by atoms with van der Waals surface area (Å²) in [4.78, 5) is 0. The van der Waals surface area contributed by atoms with Gasteiger partial charge in [0.05, 0.1) is 31.0 Å². The number of hydrogen-bond acceptors (Lipinski definition) is 4. The van der Waals surface area contributed by atoms with E-state index in [1.807, 2.05) is 6.92 Å². The molecule has 0 aliphatic heterocycles. The Morgan fingerprint density at radius 3 is 1.85 bits per heavy atom. The van der Waals surface area contributed by atoms with Gasteiger partial charge in [0.15, 0.2) is 0 Å². The molecular formula is C16H34O4. The van der Waals surface area contributed by atoms with Gasteiger partial charge in [-0.1, -0.05) is 13.8 Å². The molecule has 0 bridgehead atoms. The molecule has 1 N–H and O–H groups in total. The van der Waals surface area contributed by atoms with E-state index in [1.165, 1.54) is 0 Å². The maximum atomic E-state index is 9.09. The number of ether oxygens (including phenoxy) is 3. The highest BCUT2D eigenvalue weighted by atomic mass is 16.5. The van der Waals surface area contributed by atoms with Gasteiger partial charge in [-0.15, -0.1) is 0 Å². The summed E-state index contributed by atoms with van der Waals surface area (Å²) in [6.07, 6.45) is 3.39. The van der Waals surface area contributed by atoms with Crippen molar-refractivity contribution in [3.05, 3.63) is 0 Å². The highest BCUT2D eigenvalue weighted by molar-refractivity contribution is 4.76. The van der Waals surface area contributed by atoms with Gasteiger partial charge >= 0.3 is 0 Å². The fraction of sp³-hybridized carbons (Fsp3) is 1.00. The van der Waals surface area contributed by atoms with Crippen LogP contribution in [-0.4, -0.2) is 49.3 Å². The zero-order valence-corrected chi connectivity index (χ0v) is 14.0. The molecule has 0 heterocycles. The smallest absolute Gasteiger partial charge is 0.0707 e. The van der Waals surface area contributed by atoms with E-state index in [2.05, 4.69) is 27.7 Å². The fourth-order valence-electron chi connectivity index (χ4n) is 1.94. The van der Waals surface area contributed by atoms with Crippen molar-refractivity contribution in [1.82, 2.24) is 0 Å². The third kappa shape index (κ3) is 8.20. The lowest BCUT2D eigenvalue weighted by atomic mass is 9.97. The van der Waals surface area contributed by atoms with Gasteiger partial charge in [-0.05, 0) is 46.5 Å². The van der Waals surface area contributed by atoms with E-state index in [0.717, 1.165) is 25.9 Å². The zero-order chi connectivity index (χ0) is 15.5. The first kappa shape index (κ1) is 19.8. The van der Waals surface area contributed by atoms with Crippen LogP contribution in [0.3, 0.4) is 0 Å². The molecule has 0 aromatic heterocycles. The van der Waals surface area contributed by atoms with E-state index in [1.54, 1.807) is 0 Å². The summed E-state index contributed by atoms with van der Waals surface area (Å²) < 4.78 is 17.2. The Balaban J connectivity index is 4.09. The van der Waals surface area contributed by atoms with E-state index in [0.29, 0.717) is 26.2 Å². The topological polar surface area (TPSA) is 47.9 Å². The summed E-state index contributed by atoms with van der Waals surface area (Å²) in [6, 6.07) is 0. The van der Waals surface area contributed by atoms with Gasteiger partial charge in [0.2, 0.25) is 0 Å². The Morgan fingerprint density at radius 1 is 0.800 bits per heavy atom. The monoisotopic (exact) mass is 290 g/mol. The minimum Gasteiger partial charge on any atom is -0.396 e. The molecule has 0 radical (unpaired) electrons. The van der Waals surface area contributed by atoms with Crippen LogP contribution in [0, 0.1) is 0 Å². The van der Waals surface area contributed by atoms with Crippen molar-refractivity contribution in [2.24, 2.45) is 0 Å². The molecule has 0 aliphatic carbocycles. The van der Waals surface area contributed by atoms with Crippen molar-refractivity contribution >= 4 is 0 Å². The highest BCUT2D eigenvalue weighted by Crippen LogP contribution is 2.24. The predicted octanol–water partition coefficient (Wildman–Crippen LogP) is 3.17. The summed E-state index contributed by atoms with van der Waals surface area (Å²) in [5, 5.41) is 9.09. The summed E-state index contributed by atoms with van der Waals surface area (Å²) in [5.74, 6) is 0. The van der Waals surface area contributed by atoms with Gasteiger partial charge < -0.3 is 19.3 Å². The molecule has 4 heteroatoms. The van der Waals surface area contributed by atoms with Crippen molar-refractivity contribution in [2.75, 3.05) is 33.0 Å². The number of rotatable bonds is 13. The first-order chi connectivity index (χ1) is 9.45. The molecule has 0 fully saturated rings. The third-order valence-electron chi connectivity index (χ3n) is 4.10. The normalized spacial score (nSPS) is 17.7. The van der Waals surface area contributed by atoms with Crippen LogP contribution in [0.15, 0.2) is 0 Å². The van der Waals surface area contributed by atoms with Gasteiger partial charge in [-0.25, -0.2) is 0 Å². The molecule has 0 aromatic rings. The van der Waals surface area contributed by atoms with E-state index >= 15 is 0 Å². The maximum Gasteiger partial charge on any atom is 0.0707 e. The Labute approximate surface area is 124 Å². The van der Waals surface area contributed by atoms with Crippen LogP contribution in [-0.2, 0) is 14.2 Å². The SMILES string of the molecule is CCOCCOC(C)(CC)CCOC(C)(CC)CCO. The minimum atomic E-state index is -0.227. The molecule has 4 nitrogen and oxygen atoms in total. The average Bonchev–Trinajstić information content (AvgIpc) is 2.44. The molecule has 0 aliphatic rings. The molecule has 0 spiro atoms. The fourth-order valence-corrected chi connectivity index (χ4v) is 1.94. The lowest BCUT2D eigenvalue weighted by molar-refractivity contribution is -0.101. The molecule has 20 heavy (non-hydrogen) atoms. The van der Waals surface area contributed by atoms with E-state index in [-0.39, 0.29) is 17.8 Å². The van der Waals surface area contributed by atoms with Crippen LogP contribution in [0.1, 0.15) is 60.3 Å². The zero-order valence-electron chi connectivity index (χ0n) is 14.0. The maximum absolute atomic E-state index is 9.09. The lowest BCUT2D eigenvalue weighted by Crippen LogP contribution is -2.35. The third-order valence-corrected chi connectivity index (χ3v) is 4.10. The molecule has 0 rings (SSSR count). The highest BCUT2D eigenvalue weighted by Gasteiger charge is 2.26. The largest absolute Gasteiger partial charge is 0.396 e. The van der Waals surface area contributed by atoms with Crippen molar-refractivity contribution in [2.45, 2.75) is 71.5 Å². The van der Waals surface area contributed by atoms with E-state index in [4.69, 9.17) is 19.3 Å². The number of hydrogen-bond donors (Lipinski definition) is 1. The molecule has 0 amide bonds.